The van der Waals surface area contributed by atoms with E-state index in [1.54, 1.807) is 18.2 Å². The number of carbonyl (C=O) groups excluding carboxylic acids is 1. The van der Waals surface area contributed by atoms with Crippen LogP contribution < -0.4 is 9.64 Å². The second-order valence-corrected chi connectivity index (χ2v) is 9.98. The number of carbonyl (C=O) groups is 1. The third-order valence-electron chi connectivity index (χ3n) is 7.57. The van der Waals surface area contributed by atoms with Crippen molar-refractivity contribution in [3.05, 3.63) is 53.5 Å². The molecule has 0 N–H and O–H groups in total. The highest BCUT2D eigenvalue weighted by molar-refractivity contribution is 5.88. The van der Waals surface area contributed by atoms with Crippen LogP contribution in [-0.4, -0.2) is 53.0 Å². The molecule has 6 rings (SSSR count). The summed E-state index contributed by atoms with van der Waals surface area (Å²) in [6.45, 7) is -2.66. The van der Waals surface area contributed by atoms with Crippen LogP contribution in [0.3, 0.4) is 0 Å². The molecular formula is C27H28F2N4O5. The molecule has 9 nitrogen and oxygen atoms in total. The number of hydrogen-bond acceptors (Lipinski definition) is 9. The first-order valence-corrected chi connectivity index (χ1v) is 12.8. The van der Waals surface area contributed by atoms with Gasteiger partial charge in [0.1, 0.15) is 17.2 Å². The zero-order valence-corrected chi connectivity index (χ0v) is 20.9. The number of piperidine rings is 1. The second kappa shape index (κ2) is 10.3. The lowest BCUT2D eigenvalue weighted by atomic mass is 9.99. The summed E-state index contributed by atoms with van der Waals surface area (Å²) in [5.74, 6) is 1.25. The lowest BCUT2D eigenvalue weighted by Gasteiger charge is -2.38. The molecule has 2 aliphatic heterocycles. The fraction of sp³-hybridized carbons (Fsp3) is 0.481. The summed E-state index contributed by atoms with van der Waals surface area (Å²) in [5.41, 5.74) is 2.07. The second-order valence-electron chi connectivity index (χ2n) is 9.98. The van der Waals surface area contributed by atoms with Crippen LogP contribution in [0.15, 0.2) is 41.2 Å². The molecule has 3 aliphatic rings. The molecule has 1 aliphatic carbocycles. The number of halogens is 2. The van der Waals surface area contributed by atoms with Crippen molar-refractivity contribution in [2.75, 3.05) is 12.0 Å². The number of methoxy groups -OCH3 is 1. The molecular weight excluding hydrogens is 498 g/mol. The Morgan fingerprint density at radius 3 is 2.47 bits per heavy atom. The SMILES string of the molecule is COC(=O)c1cnc(N2[C@@H]3CC[C@H]2CC(OCc2c(-c4ccccc4OC(F)F)noc2C2CC2)C3)nc1. The predicted molar refractivity (Wildman–Crippen MR) is 131 cm³/mol. The van der Waals surface area contributed by atoms with Gasteiger partial charge in [0, 0.05) is 41.5 Å². The van der Waals surface area contributed by atoms with Gasteiger partial charge in [-0.2, -0.15) is 8.78 Å². The van der Waals surface area contributed by atoms with E-state index in [2.05, 4.69) is 20.0 Å². The van der Waals surface area contributed by atoms with Crippen molar-refractivity contribution in [3.8, 4) is 17.0 Å². The minimum atomic E-state index is -2.94. The Bertz CT molecular complexity index is 1280. The highest BCUT2D eigenvalue weighted by atomic mass is 19.3. The lowest BCUT2D eigenvalue weighted by molar-refractivity contribution is -0.0494. The maximum atomic E-state index is 13.0. The van der Waals surface area contributed by atoms with Gasteiger partial charge in [-0.15, -0.1) is 0 Å². The summed E-state index contributed by atoms with van der Waals surface area (Å²) in [4.78, 5) is 22.8. The highest BCUT2D eigenvalue weighted by Crippen LogP contribution is 2.46. The van der Waals surface area contributed by atoms with Crippen LogP contribution in [0.25, 0.3) is 11.3 Å². The van der Waals surface area contributed by atoms with Crippen molar-refractivity contribution >= 4 is 11.9 Å². The summed E-state index contributed by atoms with van der Waals surface area (Å²) in [7, 11) is 1.33. The average Bonchev–Trinajstić information content (AvgIpc) is 3.63. The average molecular weight is 527 g/mol. The van der Waals surface area contributed by atoms with Crippen molar-refractivity contribution in [2.24, 2.45) is 0 Å². The maximum Gasteiger partial charge on any atom is 0.387 e. The lowest BCUT2D eigenvalue weighted by Crippen LogP contribution is -2.46. The molecule has 3 atom stereocenters. The Hall–Kier alpha value is -3.60. The number of alkyl halides is 2. The number of nitrogens with zero attached hydrogens (tertiary/aromatic N) is 4. The van der Waals surface area contributed by atoms with E-state index < -0.39 is 12.6 Å². The smallest absolute Gasteiger partial charge is 0.387 e. The van der Waals surface area contributed by atoms with Crippen LogP contribution in [0.4, 0.5) is 14.7 Å². The van der Waals surface area contributed by atoms with E-state index in [4.69, 9.17) is 18.7 Å². The molecule has 3 aromatic rings. The van der Waals surface area contributed by atoms with Gasteiger partial charge in [-0.25, -0.2) is 14.8 Å². The number of ether oxygens (including phenoxy) is 3. The maximum absolute atomic E-state index is 13.0. The van der Waals surface area contributed by atoms with Crippen molar-refractivity contribution in [1.29, 1.82) is 0 Å². The summed E-state index contributed by atoms with van der Waals surface area (Å²) in [6, 6.07) is 7.08. The largest absolute Gasteiger partial charge is 0.465 e. The van der Waals surface area contributed by atoms with Crippen LogP contribution in [0.1, 0.15) is 66.1 Å². The number of hydrogen-bond donors (Lipinski definition) is 0. The van der Waals surface area contributed by atoms with Gasteiger partial charge in [0.15, 0.2) is 0 Å². The normalized spacial score (nSPS) is 22.6. The van der Waals surface area contributed by atoms with E-state index in [9.17, 15) is 13.6 Å². The van der Waals surface area contributed by atoms with Gasteiger partial charge in [0.05, 0.1) is 25.4 Å². The first-order valence-electron chi connectivity index (χ1n) is 12.8. The van der Waals surface area contributed by atoms with Crippen LogP contribution in [-0.2, 0) is 16.1 Å². The molecule has 1 unspecified atom stereocenters. The van der Waals surface area contributed by atoms with E-state index in [1.807, 2.05) is 0 Å². The quantitative estimate of drug-likeness (QED) is 0.352. The molecule has 1 aromatic carbocycles. The van der Waals surface area contributed by atoms with Crippen molar-refractivity contribution in [3.63, 3.8) is 0 Å². The number of para-hydroxylation sites is 1. The monoisotopic (exact) mass is 526 g/mol. The molecule has 1 saturated carbocycles. The van der Waals surface area contributed by atoms with Gasteiger partial charge in [-0.1, -0.05) is 17.3 Å². The molecule has 2 saturated heterocycles. The summed E-state index contributed by atoms with van der Waals surface area (Å²) in [6.07, 6.45) is 8.67. The number of benzene rings is 1. The molecule has 3 fully saturated rings. The molecule has 11 heteroatoms. The van der Waals surface area contributed by atoms with E-state index in [1.165, 1.54) is 25.6 Å². The minimum absolute atomic E-state index is 0.0143. The van der Waals surface area contributed by atoms with Gasteiger partial charge < -0.3 is 23.6 Å². The van der Waals surface area contributed by atoms with Gasteiger partial charge >= 0.3 is 12.6 Å². The number of aromatic nitrogens is 3. The Balaban J connectivity index is 1.17. The third kappa shape index (κ3) is 4.82. The van der Waals surface area contributed by atoms with Crippen molar-refractivity contribution in [1.82, 2.24) is 15.1 Å². The zero-order valence-electron chi connectivity index (χ0n) is 20.9. The van der Waals surface area contributed by atoms with Crippen molar-refractivity contribution in [2.45, 2.75) is 75.8 Å². The molecule has 38 heavy (non-hydrogen) atoms. The van der Waals surface area contributed by atoms with Gasteiger partial charge in [0.2, 0.25) is 5.95 Å². The van der Waals surface area contributed by atoms with Crippen LogP contribution >= 0.6 is 0 Å². The van der Waals surface area contributed by atoms with Crippen LogP contribution in [0.2, 0.25) is 0 Å². The first kappa shape index (κ1) is 24.7. The number of anilines is 1. The van der Waals surface area contributed by atoms with Gasteiger partial charge in [0.25, 0.3) is 0 Å². The highest BCUT2D eigenvalue weighted by Gasteiger charge is 2.43. The van der Waals surface area contributed by atoms with E-state index in [0.717, 1.165) is 49.8 Å². The molecule has 0 amide bonds. The Morgan fingerprint density at radius 1 is 1.11 bits per heavy atom. The summed E-state index contributed by atoms with van der Waals surface area (Å²) >= 11 is 0. The molecule has 0 spiro atoms. The van der Waals surface area contributed by atoms with Gasteiger partial charge in [-0.3, -0.25) is 0 Å². The molecule has 2 aromatic heterocycles. The zero-order chi connectivity index (χ0) is 26.2. The summed E-state index contributed by atoms with van der Waals surface area (Å²) < 4.78 is 47.7. The van der Waals surface area contributed by atoms with Crippen molar-refractivity contribution < 1.29 is 32.3 Å². The Kier molecular flexibility index (Phi) is 6.69. The Morgan fingerprint density at radius 2 is 1.82 bits per heavy atom. The van der Waals surface area contributed by atoms with E-state index in [0.29, 0.717) is 22.8 Å². The third-order valence-corrected chi connectivity index (χ3v) is 7.57. The van der Waals surface area contributed by atoms with E-state index >= 15 is 0 Å². The fourth-order valence-corrected chi connectivity index (χ4v) is 5.67. The topological polar surface area (TPSA) is 99.8 Å². The molecule has 200 valence electrons. The molecule has 0 radical (unpaired) electrons. The minimum Gasteiger partial charge on any atom is -0.465 e. The molecule has 4 heterocycles. The van der Waals surface area contributed by atoms with E-state index in [-0.39, 0.29) is 36.5 Å². The molecule has 2 bridgehead atoms. The fourth-order valence-electron chi connectivity index (χ4n) is 5.67. The van der Waals surface area contributed by atoms with Gasteiger partial charge in [-0.05, 0) is 50.7 Å². The standard InChI is InChI=1S/C27H28F2N4O5/c1-35-25(34)16-12-30-27(31-13-16)33-17-8-9-18(33)11-19(10-17)36-14-21-23(32-38-24(21)15-6-7-15)20-4-2-3-5-22(20)37-26(28)29/h2-5,12-13,15,17-19,26H,6-11,14H2,1H3/t17-,18+,19?. The Labute approximate surface area is 218 Å². The number of esters is 1. The van der Waals surface area contributed by atoms with Crippen LogP contribution in [0, 0.1) is 0 Å². The first-order chi connectivity index (χ1) is 18.5. The number of rotatable bonds is 9. The van der Waals surface area contributed by atoms with Crippen LogP contribution in [0.5, 0.6) is 5.75 Å². The number of fused-ring (bicyclic) bond motifs is 2. The summed E-state index contributed by atoms with van der Waals surface area (Å²) in [5, 5.41) is 4.26. The predicted octanol–water partition coefficient (Wildman–Crippen LogP) is 5.11.